The molecule has 0 aliphatic carbocycles. The molecule has 2 N–H and O–H groups in total. The molecule has 0 radical (unpaired) electrons. The summed E-state index contributed by atoms with van der Waals surface area (Å²) in [5, 5.41) is 0. The minimum Gasteiger partial charge on any atom is -0.397 e. The zero-order valence-electron chi connectivity index (χ0n) is 10.7. The van der Waals surface area contributed by atoms with Crippen molar-refractivity contribution < 1.29 is 9.47 Å². The van der Waals surface area contributed by atoms with Crippen molar-refractivity contribution in [2.24, 2.45) is 0 Å². The van der Waals surface area contributed by atoms with E-state index in [-0.39, 0.29) is 6.04 Å². The van der Waals surface area contributed by atoms with Gasteiger partial charge in [0, 0.05) is 33.0 Å². The molecule has 0 aliphatic heterocycles. The first kappa shape index (κ1) is 13.7. The number of aromatic nitrogens is 1. The van der Waals surface area contributed by atoms with E-state index in [0.29, 0.717) is 18.9 Å². The Balaban J connectivity index is 2.81. The predicted octanol–water partition coefficient (Wildman–Crippen LogP) is 1.15. The summed E-state index contributed by atoms with van der Waals surface area (Å²) >= 11 is 0. The molecule has 1 aromatic heterocycles. The second-order valence-electron chi connectivity index (χ2n) is 3.97. The second kappa shape index (κ2) is 7.09. The second-order valence-corrected chi connectivity index (χ2v) is 3.97. The van der Waals surface area contributed by atoms with Gasteiger partial charge in [-0.05, 0) is 13.0 Å². The maximum absolute atomic E-state index is 5.75. The predicted molar refractivity (Wildman–Crippen MR) is 69.2 cm³/mol. The van der Waals surface area contributed by atoms with Gasteiger partial charge in [0.25, 0.3) is 0 Å². The molecule has 1 heterocycles. The Bertz CT molecular complexity index is 333. The number of hydrogen-bond acceptors (Lipinski definition) is 5. The van der Waals surface area contributed by atoms with Crippen molar-refractivity contribution in [2.75, 3.05) is 44.6 Å². The molecule has 5 heteroatoms. The first-order valence-electron chi connectivity index (χ1n) is 5.64. The average molecular weight is 239 g/mol. The molecule has 0 bridgehead atoms. The molecule has 1 unspecified atom stereocenters. The Morgan fingerprint density at radius 2 is 2.12 bits per heavy atom. The van der Waals surface area contributed by atoms with Crippen molar-refractivity contribution in [3.05, 3.63) is 18.5 Å². The summed E-state index contributed by atoms with van der Waals surface area (Å²) in [6.45, 7) is 4.19. The highest BCUT2D eigenvalue weighted by Gasteiger charge is 2.14. The Morgan fingerprint density at radius 1 is 1.35 bits per heavy atom. The Hall–Kier alpha value is -1.33. The first-order valence-corrected chi connectivity index (χ1v) is 5.64. The van der Waals surface area contributed by atoms with Crippen LogP contribution in [0, 0.1) is 0 Å². The summed E-state index contributed by atoms with van der Waals surface area (Å²) in [7, 11) is 3.39. The average Bonchev–Trinajstić information content (AvgIpc) is 2.30. The van der Waals surface area contributed by atoms with Crippen LogP contribution in [0.15, 0.2) is 18.5 Å². The highest BCUT2D eigenvalue weighted by molar-refractivity contribution is 5.53. The molecule has 1 rings (SSSR count). The summed E-state index contributed by atoms with van der Waals surface area (Å²) in [6.07, 6.45) is 3.44. The number of nitrogens with zero attached hydrogens (tertiary/aromatic N) is 2. The van der Waals surface area contributed by atoms with Gasteiger partial charge in [0.1, 0.15) is 0 Å². The van der Waals surface area contributed by atoms with Gasteiger partial charge in [-0.15, -0.1) is 0 Å². The van der Waals surface area contributed by atoms with Crippen LogP contribution in [0.25, 0.3) is 0 Å². The number of pyridine rings is 1. The monoisotopic (exact) mass is 239 g/mol. The van der Waals surface area contributed by atoms with Crippen LogP contribution >= 0.6 is 0 Å². The number of hydrogen-bond donors (Lipinski definition) is 1. The van der Waals surface area contributed by atoms with Crippen molar-refractivity contribution >= 4 is 11.4 Å². The Labute approximate surface area is 103 Å². The number of nitrogens with two attached hydrogens (primary N) is 1. The fourth-order valence-corrected chi connectivity index (χ4v) is 1.73. The van der Waals surface area contributed by atoms with Gasteiger partial charge in [-0.25, -0.2) is 0 Å². The minimum atomic E-state index is 0.249. The van der Waals surface area contributed by atoms with E-state index in [0.717, 1.165) is 12.2 Å². The molecule has 0 spiro atoms. The molecule has 1 aromatic rings. The third-order valence-electron chi connectivity index (χ3n) is 2.55. The molecule has 0 amide bonds. The van der Waals surface area contributed by atoms with E-state index in [2.05, 4.69) is 16.8 Å². The zero-order valence-corrected chi connectivity index (χ0v) is 10.7. The van der Waals surface area contributed by atoms with Crippen LogP contribution in [-0.4, -0.2) is 45.0 Å². The molecular formula is C12H21N3O2. The Morgan fingerprint density at radius 3 is 2.71 bits per heavy atom. The zero-order chi connectivity index (χ0) is 12.7. The van der Waals surface area contributed by atoms with E-state index >= 15 is 0 Å². The number of ether oxygens (including phenoxy) is 2. The van der Waals surface area contributed by atoms with Crippen molar-refractivity contribution in [1.82, 2.24) is 4.98 Å². The maximum Gasteiger partial charge on any atom is 0.0663 e. The summed E-state index contributed by atoms with van der Waals surface area (Å²) in [5.41, 5.74) is 7.40. The van der Waals surface area contributed by atoms with Crippen molar-refractivity contribution in [3.8, 4) is 0 Å². The lowest BCUT2D eigenvalue weighted by Crippen LogP contribution is -2.38. The fourth-order valence-electron chi connectivity index (χ4n) is 1.73. The molecule has 0 aliphatic rings. The SMILES string of the molecule is COCCN(c1cncc(N)c1)C(C)COC. The third-order valence-corrected chi connectivity index (χ3v) is 2.55. The first-order chi connectivity index (χ1) is 8.19. The highest BCUT2D eigenvalue weighted by Crippen LogP contribution is 2.18. The van der Waals surface area contributed by atoms with Gasteiger partial charge < -0.3 is 20.1 Å². The van der Waals surface area contributed by atoms with Crippen molar-refractivity contribution in [3.63, 3.8) is 0 Å². The van der Waals surface area contributed by atoms with E-state index < -0.39 is 0 Å². The summed E-state index contributed by atoms with van der Waals surface area (Å²) in [4.78, 5) is 6.28. The van der Waals surface area contributed by atoms with Crippen molar-refractivity contribution in [1.29, 1.82) is 0 Å². The van der Waals surface area contributed by atoms with Crippen LogP contribution in [0.4, 0.5) is 11.4 Å². The minimum absolute atomic E-state index is 0.249. The van der Waals surface area contributed by atoms with Gasteiger partial charge in [0.2, 0.25) is 0 Å². The summed E-state index contributed by atoms with van der Waals surface area (Å²) < 4.78 is 10.3. The van der Waals surface area contributed by atoms with Gasteiger partial charge >= 0.3 is 0 Å². The standard InChI is InChI=1S/C12H21N3O2/c1-10(9-17-3)15(4-5-16-2)12-6-11(13)7-14-8-12/h6-8,10H,4-5,9,13H2,1-3H3. The summed E-state index contributed by atoms with van der Waals surface area (Å²) in [6, 6.07) is 2.16. The van der Waals surface area contributed by atoms with Crippen molar-refractivity contribution in [2.45, 2.75) is 13.0 Å². The van der Waals surface area contributed by atoms with E-state index in [1.54, 1.807) is 26.6 Å². The quantitative estimate of drug-likeness (QED) is 0.773. The topological polar surface area (TPSA) is 60.6 Å². The molecule has 96 valence electrons. The molecule has 5 nitrogen and oxygen atoms in total. The highest BCUT2D eigenvalue weighted by atomic mass is 16.5. The van der Waals surface area contributed by atoms with Gasteiger partial charge in [0.05, 0.1) is 30.8 Å². The van der Waals surface area contributed by atoms with Gasteiger partial charge in [-0.2, -0.15) is 0 Å². The van der Waals surface area contributed by atoms with Crippen LogP contribution < -0.4 is 10.6 Å². The lowest BCUT2D eigenvalue weighted by Gasteiger charge is -2.30. The smallest absolute Gasteiger partial charge is 0.0663 e. The van der Waals surface area contributed by atoms with Crippen LogP contribution in [0.3, 0.4) is 0 Å². The molecule has 0 saturated carbocycles. The maximum atomic E-state index is 5.75. The number of rotatable bonds is 7. The normalized spacial score (nSPS) is 12.4. The molecule has 0 aromatic carbocycles. The molecule has 0 fully saturated rings. The van der Waals surface area contributed by atoms with Gasteiger partial charge in [-0.1, -0.05) is 0 Å². The molecule has 1 atom stereocenters. The van der Waals surface area contributed by atoms with Gasteiger partial charge in [0.15, 0.2) is 0 Å². The number of anilines is 2. The molecule has 17 heavy (non-hydrogen) atoms. The largest absolute Gasteiger partial charge is 0.397 e. The lowest BCUT2D eigenvalue weighted by atomic mass is 10.2. The number of methoxy groups -OCH3 is 2. The van der Waals surface area contributed by atoms with Crippen LogP contribution in [0.1, 0.15) is 6.92 Å². The third kappa shape index (κ3) is 4.20. The molecule has 0 saturated heterocycles. The van der Waals surface area contributed by atoms with E-state index in [9.17, 15) is 0 Å². The lowest BCUT2D eigenvalue weighted by molar-refractivity contribution is 0.171. The fraction of sp³-hybridized carbons (Fsp3) is 0.583. The number of nitrogen functional groups attached to an aromatic ring is 1. The van der Waals surface area contributed by atoms with E-state index in [1.807, 2.05) is 6.07 Å². The van der Waals surface area contributed by atoms with E-state index in [1.165, 1.54) is 0 Å². The van der Waals surface area contributed by atoms with Crippen LogP contribution in [0.2, 0.25) is 0 Å². The van der Waals surface area contributed by atoms with Crippen LogP contribution in [0.5, 0.6) is 0 Å². The summed E-state index contributed by atoms with van der Waals surface area (Å²) in [5.74, 6) is 0. The van der Waals surface area contributed by atoms with Gasteiger partial charge in [-0.3, -0.25) is 4.98 Å². The van der Waals surface area contributed by atoms with Crippen LogP contribution in [-0.2, 0) is 9.47 Å². The Kier molecular flexibility index (Phi) is 5.72. The molecular weight excluding hydrogens is 218 g/mol. The van der Waals surface area contributed by atoms with E-state index in [4.69, 9.17) is 15.2 Å².